The highest BCUT2D eigenvalue weighted by atomic mass is 14.3. The highest BCUT2D eigenvalue weighted by Gasteiger charge is 2.22. The van der Waals surface area contributed by atoms with Crippen molar-refractivity contribution in [2.45, 2.75) is 26.2 Å². The average molecular weight is 284 g/mol. The van der Waals surface area contributed by atoms with Crippen LogP contribution in [0.15, 0.2) is 72.3 Å². The first-order valence-electron chi connectivity index (χ1n) is 8.17. The van der Waals surface area contributed by atoms with Gasteiger partial charge >= 0.3 is 0 Å². The van der Waals surface area contributed by atoms with Crippen LogP contribution in [0.3, 0.4) is 0 Å². The van der Waals surface area contributed by atoms with Crippen molar-refractivity contribution in [1.29, 1.82) is 0 Å². The molecule has 4 rings (SSSR count). The van der Waals surface area contributed by atoms with Gasteiger partial charge in [0.25, 0.3) is 0 Å². The van der Waals surface area contributed by atoms with Crippen LogP contribution in [0, 0.1) is 0 Å². The summed E-state index contributed by atoms with van der Waals surface area (Å²) in [4.78, 5) is 0. The Morgan fingerprint density at radius 3 is 2.41 bits per heavy atom. The summed E-state index contributed by atoms with van der Waals surface area (Å²) in [6.07, 6.45) is 3.51. The first-order valence-corrected chi connectivity index (χ1v) is 8.17. The standard InChI is InChI=1S/C22H20/c1-2-8-18-15-17-10-4-6-13-20(17)22(18)21-14-7-11-16-9-3-5-12-19(16)21/h3-7,9-14H,2,8,15H2,1H3. The molecule has 0 N–H and O–H groups in total. The lowest BCUT2D eigenvalue weighted by molar-refractivity contribution is 0.884. The van der Waals surface area contributed by atoms with E-state index in [4.69, 9.17) is 0 Å². The van der Waals surface area contributed by atoms with Gasteiger partial charge in [0.1, 0.15) is 0 Å². The molecule has 0 nitrogen and oxygen atoms in total. The largest absolute Gasteiger partial charge is 0.0651 e. The monoisotopic (exact) mass is 284 g/mol. The van der Waals surface area contributed by atoms with Crippen LogP contribution in [-0.2, 0) is 6.42 Å². The quantitative estimate of drug-likeness (QED) is 0.553. The molecule has 3 aromatic carbocycles. The molecule has 22 heavy (non-hydrogen) atoms. The molecule has 0 amide bonds. The second kappa shape index (κ2) is 5.46. The van der Waals surface area contributed by atoms with E-state index < -0.39 is 0 Å². The predicted molar refractivity (Wildman–Crippen MR) is 95.0 cm³/mol. The maximum atomic E-state index is 2.29. The Labute approximate surface area is 132 Å². The maximum absolute atomic E-state index is 2.29. The predicted octanol–water partition coefficient (Wildman–Crippen LogP) is 6.00. The first kappa shape index (κ1) is 13.3. The van der Waals surface area contributed by atoms with Crippen LogP contribution >= 0.6 is 0 Å². The van der Waals surface area contributed by atoms with Crippen molar-refractivity contribution < 1.29 is 0 Å². The van der Waals surface area contributed by atoms with Crippen LogP contribution in [0.2, 0.25) is 0 Å². The normalized spacial score (nSPS) is 13.7. The molecule has 0 fully saturated rings. The molecule has 0 unspecified atom stereocenters. The minimum atomic E-state index is 1.11. The van der Waals surface area contributed by atoms with Crippen molar-refractivity contribution >= 4 is 16.3 Å². The van der Waals surface area contributed by atoms with Gasteiger partial charge in [-0.2, -0.15) is 0 Å². The molecular weight excluding hydrogens is 264 g/mol. The molecule has 0 heteroatoms. The van der Waals surface area contributed by atoms with E-state index in [1.807, 2.05) is 0 Å². The van der Waals surface area contributed by atoms with E-state index in [1.165, 1.54) is 45.9 Å². The van der Waals surface area contributed by atoms with Crippen LogP contribution in [0.25, 0.3) is 16.3 Å². The zero-order valence-electron chi connectivity index (χ0n) is 13.0. The van der Waals surface area contributed by atoms with Crippen molar-refractivity contribution in [3.63, 3.8) is 0 Å². The third-order valence-electron chi connectivity index (χ3n) is 4.65. The molecule has 0 aliphatic heterocycles. The molecule has 0 spiro atoms. The summed E-state index contributed by atoms with van der Waals surface area (Å²) in [7, 11) is 0. The van der Waals surface area contributed by atoms with Gasteiger partial charge in [0.2, 0.25) is 0 Å². The fourth-order valence-electron chi connectivity index (χ4n) is 3.72. The van der Waals surface area contributed by atoms with E-state index in [9.17, 15) is 0 Å². The molecule has 1 aliphatic carbocycles. The fourth-order valence-corrected chi connectivity index (χ4v) is 3.72. The Morgan fingerprint density at radius 1 is 0.773 bits per heavy atom. The third-order valence-corrected chi connectivity index (χ3v) is 4.65. The number of hydrogen-bond acceptors (Lipinski definition) is 0. The van der Waals surface area contributed by atoms with Crippen LogP contribution in [0.1, 0.15) is 36.5 Å². The summed E-state index contributed by atoms with van der Waals surface area (Å²) in [5.74, 6) is 0. The summed E-state index contributed by atoms with van der Waals surface area (Å²) < 4.78 is 0. The Balaban J connectivity index is 2.00. The van der Waals surface area contributed by atoms with Crippen molar-refractivity contribution in [3.8, 4) is 0 Å². The summed E-state index contributed by atoms with van der Waals surface area (Å²) in [6, 6.07) is 24.3. The molecule has 3 aromatic rings. The lowest BCUT2D eigenvalue weighted by Gasteiger charge is -2.12. The molecular formula is C22H20. The first-order chi connectivity index (χ1) is 10.9. The molecule has 108 valence electrons. The summed E-state index contributed by atoms with van der Waals surface area (Å²) >= 11 is 0. The highest BCUT2D eigenvalue weighted by molar-refractivity contribution is 6.00. The summed E-state index contributed by atoms with van der Waals surface area (Å²) in [5.41, 5.74) is 7.39. The minimum absolute atomic E-state index is 1.11. The molecule has 0 bridgehead atoms. The second-order valence-corrected chi connectivity index (χ2v) is 6.09. The van der Waals surface area contributed by atoms with Crippen LogP contribution in [0.5, 0.6) is 0 Å². The average Bonchev–Trinajstić information content (AvgIpc) is 2.92. The summed E-state index contributed by atoms with van der Waals surface area (Å²) in [5, 5.41) is 2.69. The molecule has 0 heterocycles. The van der Waals surface area contributed by atoms with Gasteiger partial charge in [-0.05, 0) is 45.9 Å². The van der Waals surface area contributed by atoms with E-state index >= 15 is 0 Å². The topological polar surface area (TPSA) is 0 Å². The number of fused-ring (bicyclic) bond motifs is 2. The van der Waals surface area contributed by atoms with Crippen molar-refractivity contribution in [3.05, 3.63) is 89.0 Å². The van der Waals surface area contributed by atoms with Gasteiger partial charge in [-0.25, -0.2) is 0 Å². The van der Waals surface area contributed by atoms with Gasteiger partial charge < -0.3 is 0 Å². The smallest absolute Gasteiger partial charge is 0.00515 e. The molecule has 0 aromatic heterocycles. The van der Waals surface area contributed by atoms with Crippen LogP contribution in [0.4, 0.5) is 0 Å². The maximum Gasteiger partial charge on any atom is -0.00515 e. The zero-order chi connectivity index (χ0) is 14.9. The Bertz CT molecular complexity index is 863. The van der Waals surface area contributed by atoms with Gasteiger partial charge in [-0.1, -0.05) is 85.6 Å². The molecule has 0 saturated carbocycles. The summed E-state index contributed by atoms with van der Waals surface area (Å²) in [6.45, 7) is 2.27. The molecule has 0 saturated heterocycles. The van der Waals surface area contributed by atoms with E-state index in [1.54, 1.807) is 5.57 Å². The zero-order valence-corrected chi connectivity index (χ0v) is 13.0. The van der Waals surface area contributed by atoms with Gasteiger partial charge in [0.15, 0.2) is 0 Å². The van der Waals surface area contributed by atoms with Crippen molar-refractivity contribution in [2.75, 3.05) is 0 Å². The fraction of sp³-hybridized carbons (Fsp3) is 0.182. The van der Waals surface area contributed by atoms with Crippen molar-refractivity contribution in [2.24, 2.45) is 0 Å². The van der Waals surface area contributed by atoms with Crippen LogP contribution in [-0.4, -0.2) is 0 Å². The minimum Gasteiger partial charge on any atom is -0.0651 e. The molecule has 1 aliphatic rings. The van der Waals surface area contributed by atoms with E-state index in [-0.39, 0.29) is 0 Å². The molecule has 0 radical (unpaired) electrons. The second-order valence-electron chi connectivity index (χ2n) is 6.09. The Morgan fingerprint density at radius 2 is 1.50 bits per heavy atom. The van der Waals surface area contributed by atoms with Crippen molar-refractivity contribution in [1.82, 2.24) is 0 Å². The lowest BCUT2D eigenvalue weighted by atomic mass is 9.92. The Kier molecular flexibility index (Phi) is 3.31. The van der Waals surface area contributed by atoms with Crippen LogP contribution < -0.4 is 0 Å². The van der Waals surface area contributed by atoms with E-state index in [0.29, 0.717) is 0 Å². The number of benzene rings is 3. The SMILES string of the molecule is CCCC1=C(c2cccc3ccccc23)c2ccccc2C1. The van der Waals surface area contributed by atoms with E-state index in [2.05, 4.69) is 73.7 Å². The van der Waals surface area contributed by atoms with Gasteiger partial charge in [-0.15, -0.1) is 0 Å². The third kappa shape index (κ3) is 2.07. The van der Waals surface area contributed by atoms with Gasteiger partial charge in [-0.3, -0.25) is 0 Å². The lowest BCUT2D eigenvalue weighted by Crippen LogP contribution is -1.91. The van der Waals surface area contributed by atoms with Gasteiger partial charge in [0.05, 0.1) is 0 Å². The number of rotatable bonds is 3. The highest BCUT2D eigenvalue weighted by Crippen LogP contribution is 2.41. The molecule has 0 atom stereocenters. The van der Waals surface area contributed by atoms with E-state index in [0.717, 1.165) is 6.42 Å². The number of hydrogen-bond donors (Lipinski definition) is 0. The number of allylic oxidation sites excluding steroid dienone is 1. The van der Waals surface area contributed by atoms with Gasteiger partial charge in [0, 0.05) is 0 Å². The Hall–Kier alpha value is -2.34.